The Hall–Kier alpha value is -2.14. The molecule has 3 heterocycles. The number of carbonyl (C=O) groups is 1. The summed E-state index contributed by atoms with van der Waals surface area (Å²) in [6, 6.07) is 6.50. The molecule has 1 fully saturated rings. The highest BCUT2D eigenvalue weighted by Gasteiger charge is 2.20. The highest BCUT2D eigenvalue weighted by atomic mass is 32.1. The maximum atomic E-state index is 12.7. The van der Waals surface area contributed by atoms with E-state index < -0.39 is 0 Å². The van der Waals surface area contributed by atoms with Crippen LogP contribution in [0.25, 0.3) is 11.0 Å². The van der Waals surface area contributed by atoms with Crippen LogP contribution in [0.4, 0.5) is 0 Å². The minimum Gasteiger partial charge on any atom is -0.349 e. The molecule has 1 amide bonds. The maximum absolute atomic E-state index is 12.7. The average Bonchev–Trinajstić information content (AvgIpc) is 3.25. The molecule has 4 rings (SSSR count). The van der Waals surface area contributed by atoms with E-state index in [9.17, 15) is 4.79 Å². The lowest BCUT2D eigenvalue weighted by Crippen LogP contribution is -2.36. The van der Waals surface area contributed by atoms with E-state index in [1.54, 1.807) is 0 Å². The number of hydrogen-bond acceptors (Lipinski definition) is 3. The number of aromatic amines is 1. The normalized spacial score (nSPS) is 15.7. The second-order valence-corrected chi connectivity index (χ2v) is 7.39. The third kappa shape index (κ3) is 3.08. The third-order valence-electron chi connectivity index (χ3n) is 4.82. The number of nitrogens with zero attached hydrogens (tertiary/aromatic N) is 1. The molecule has 0 atom stereocenters. The molecule has 0 aromatic carbocycles. The number of fused-ring (bicyclic) bond motifs is 1. The molecule has 0 radical (unpaired) electrons. The van der Waals surface area contributed by atoms with Crippen molar-refractivity contribution in [1.29, 1.82) is 0 Å². The van der Waals surface area contributed by atoms with Gasteiger partial charge in [0.2, 0.25) is 0 Å². The molecule has 4 nitrogen and oxygen atoms in total. The summed E-state index contributed by atoms with van der Waals surface area (Å²) >= 11 is 1.54. The first-order chi connectivity index (χ1) is 11.8. The molecule has 1 aliphatic rings. The number of pyridine rings is 1. The molecule has 1 aliphatic carbocycles. The Morgan fingerprint density at radius 3 is 2.96 bits per heavy atom. The van der Waals surface area contributed by atoms with Crippen molar-refractivity contribution in [3.8, 4) is 0 Å². The van der Waals surface area contributed by atoms with Gasteiger partial charge in [-0.05, 0) is 54.0 Å². The van der Waals surface area contributed by atoms with Gasteiger partial charge >= 0.3 is 0 Å². The molecule has 0 spiro atoms. The summed E-state index contributed by atoms with van der Waals surface area (Å²) in [7, 11) is 0. The molecule has 2 N–H and O–H groups in total. The van der Waals surface area contributed by atoms with Crippen LogP contribution in [0, 0.1) is 0 Å². The molecule has 1 saturated carbocycles. The van der Waals surface area contributed by atoms with Crippen LogP contribution in [0.15, 0.2) is 36.0 Å². The molecular weight excluding hydrogens is 318 g/mol. The summed E-state index contributed by atoms with van der Waals surface area (Å²) in [5, 5.41) is 6.37. The van der Waals surface area contributed by atoms with Gasteiger partial charge in [0.15, 0.2) is 0 Å². The average molecular weight is 339 g/mol. The van der Waals surface area contributed by atoms with Gasteiger partial charge in [0.25, 0.3) is 5.91 Å². The zero-order valence-electron chi connectivity index (χ0n) is 13.5. The van der Waals surface area contributed by atoms with Crippen molar-refractivity contribution in [2.45, 2.75) is 44.6 Å². The zero-order chi connectivity index (χ0) is 16.4. The zero-order valence-corrected chi connectivity index (χ0v) is 14.4. The van der Waals surface area contributed by atoms with Gasteiger partial charge in [0.05, 0.1) is 4.88 Å². The SMILES string of the molecule is O=C(NC1CCCCC1)c1sccc1Cc1ccnc2[nH]ccc12. The Labute approximate surface area is 145 Å². The lowest BCUT2D eigenvalue weighted by molar-refractivity contribution is 0.0931. The highest BCUT2D eigenvalue weighted by Crippen LogP contribution is 2.25. The Bertz CT molecular complexity index is 845. The van der Waals surface area contributed by atoms with Crippen molar-refractivity contribution in [1.82, 2.24) is 15.3 Å². The Morgan fingerprint density at radius 1 is 1.21 bits per heavy atom. The van der Waals surface area contributed by atoms with Gasteiger partial charge in [-0.25, -0.2) is 4.98 Å². The number of thiophene rings is 1. The molecule has 3 aromatic rings. The van der Waals surface area contributed by atoms with Crippen molar-refractivity contribution in [2.24, 2.45) is 0 Å². The predicted molar refractivity (Wildman–Crippen MR) is 97.6 cm³/mol. The number of rotatable bonds is 4. The molecule has 24 heavy (non-hydrogen) atoms. The largest absolute Gasteiger partial charge is 0.349 e. The summed E-state index contributed by atoms with van der Waals surface area (Å²) in [4.78, 5) is 21.0. The Morgan fingerprint density at radius 2 is 2.08 bits per heavy atom. The monoisotopic (exact) mass is 339 g/mol. The quantitative estimate of drug-likeness (QED) is 0.745. The van der Waals surface area contributed by atoms with E-state index in [2.05, 4.69) is 21.4 Å². The maximum Gasteiger partial charge on any atom is 0.261 e. The lowest BCUT2D eigenvalue weighted by Gasteiger charge is -2.22. The minimum absolute atomic E-state index is 0.0891. The molecule has 0 unspecified atom stereocenters. The fraction of sp³-hybridized carbons (Fsp3) is 0.368. The van der Waals surface area contributed by atoms with Gasteiger partial charge in [-0.1, -0.05) is 19.3 Å². The first kappa shape index (κ1) is 15.4. The van der Waals surface area contributed by atoms with E-state index in [1.807, 2.05) is 29.9 Å². The van der Waals surface area contributed by atoms with E-state index in [0.29, 0.717) is 6.04 Å². The first-order valence-electron chi connectivity index (χ1n) is 8.59. The Balaban J connectivity index is 1.54. The summed E-state index contributed by atoms with van der Waals surface area (Å²) in [6.07, 6.45) is 10.5. The summed E-state index contributed by atoms with van der Waals surface area (Å²) in [5.74, 6) is 0.0891. The standard InChI is InChI=1S/C19H21N3OS/c23-19(22-15-4-2-1-3-5-15)17-14(8-11-24-17)12-13-6-9-20-18-16(13)7-10-21-18/h6-11,15H,1-5,12H2,(H,20,21)(H,22,23). The van der Waals surface area contributed by atoms with Gasteiger partial charge in [0, 0.05) is 23.8 Å². The van der Waals surface area contributed by atoms with Gasteiger partial charge in [-0.2, -0.15) is 0 Å². The van der Waals surface area contributed by atoms with Gasteiger partial charge in [-0.3, -0.25) is 4.79 Å². The topological polar surface area (TPSA) is 57.8 Å². The second kappa shape index (κ2) is 6.77. The summed E-state index contributed by atoms with van der Waals surface area (Å²) < 4.78 is 0. The Kier molecular flexibility index (Phi) is 4.34. The third-order valence-corrected chi connectivity index (χ3v) is 5.78. The number of H-pyrrole nitrogens is 1. The minimum atomic E-state index is 0.0891. The van der Waals surface area contributed by atoms with Crippen LogP contribution in [0.1, 0.15) is 52.9 Å². The molecule has 0 bridgehead atoms. The number of hydrogen-bond donors (Lipinski definition) is 2. The van der Waals surface area contributed by atoms with Crippen molar-refractivity contribution < 1.29 is 4.79 Å². The van der Waals surface area contributed by atoms with E-state index in [0.717, 1.165) is 40.7 Å². The van der Waals surface area contributed by atoms with E-state index >= 15 is 0 Å². The summed E-state index contributed by atoms with van der Waals surface area (Å²) in [5.41, 5.74) is 3.20. The lowest BCUT2D eigenvalue weighted by atomic mass is 9.95. The fourth-order valence-corrected chi connectivity index (χ4v) is 4.38. The van der Waals surface area contributed by atoms with Crippen molar-refractivity contribution >= 4 is 28.3 Å². The van der Waals surface area contributed by atoms with Crippen LogP contribution in [0.5, 0.6) is 0 Å². The van der Waals surface area contributed by atoms with E-state index in [4.69, 9.17) is 0 Å². The van der Waals surface area contributed by atoms with Crippen LogP contribution in [-0.2, 0) is 6.42 Å². The number of amides is 1. The molecule has 3 aromatic heterocycles. The van der Waals surface area contributed by atoms with E-state index in [1.165, 1.54) is 36.2 Å². The number of aromatic nitrogens is 2. The number of carbonyl (C=O) groups excluding carboxylic acids is 1. The second-order valence-electron chi connectivity index (χ2n) is 6.47. The smallest absolute Gasteiger partial charge is 0.261 e. The predicted octanol–water partition coefficient (Wildman–Crippen LogP) is 4.28. The molecule has 5 heteroatoms. The molecule has 124 valence electrons. The van der Waals surface area contributed by atoms with Crippen LogP contribution in [-0.4, -0.2) is 21.9 Å². The van der Waals surface area contributed by atoms with Crippen LogP contribution in [0.3, 0.4) is 0 Å². The number of nitrogens with one attached hydrogen (secondary N) is 2. The fourth-order valence-electron chi connectivity index (χ4n) is 3.55. The first-order valence-corrected chi connectivity index (χ1v) is 9.47. The van der Waals surface area contributed by atoms with Gasteiger partial charge in [0.1, 0.15) is 5.65 Å². The molecule has 0 saturated heterocycles. The molecule has 0 aliphatic heterocycles. The van der Waals surface area contributed by atoms with Crippen LogP contribution in [0.2, 0.25) is 0 Å². The van der Waals surface area contributed by atoms with Crippen LogP contribution < -0.4 is 5.32 Å². The van der Waals surface area contributed by atoms with Gasteiger partial charge < -0.3 is 10.3 Å². The van der Waals surface area contributed by atoms with Crippen LogP contribution >= 0.6 is 11.3 Å². The summed E-state index contributed by atoms with van der Waals surface area (Å²) in [6.45, 7) is 0. The highest BCUT2D eigenvalue weighted by molar-refractivity contribution is 7.12. The van der Waals surface area contributed by atoms with Crippen molar-refractivity contribution in [3.63, 3.8) is 0 Å². The van der Waals surface area contributed by atoms with Crippen molar-refractivity contribution in [2.75, 3.05) is 0 Å². The van der Waals surface area contributed by atoms with E-state index in [-0.39, 0.29) is 5.91 Å². The molecular formula is C19H21N3OS. The van der Waals surface area contributed by atoms with Crippen molar-refractivity contribution in [3.05, 3.63) is 52.0 Å². The van der Waals surface area contributed by atoms with Gasteiger partial charge in [-0.15, -0.1) is 11.3 Å².